The molecule has 0 bridgehead atoms. The topological polar surface area (TPSA) is 60.2 Å². The van der Waals surface area contributed by atoms with E-state index >= 15 is 0 Å². The van der Waals surface area contributed by atoms with E-state index in [4.69, 9.17) is 27.9 Å². The molecule has 2 aromatic rings. The SMILES string of the molecule is CC(C)(O)C(Oc1ccc(Cl)cc1Cl)n1cncn1. The second-order valence-electron chi connectivity index (χ2n) is 4.57. The molecule has 0 aliphatic rings. The van der Waals surface area contributed by atoms with Crippen molar-refractivity contribution < 1.29 is 9.84 Å². The Bertz CT molecular complexity index is 553. The first-order valence-electron chi connectivity index (χ1n) is 5.56. The first-order chi connectivity index (χ1) is 8.88. The Balaban J connectivity index is 2.31. The second-order valence-corrected chi connectivity index (χ2v) is 5.42. The molecule has 0 saturated heterocycles. The lowest BCUT2D eigenvalue weighted by Gasteiger charge is -2.29. The van der Waals surface area contributed by atoms with Crippen LogP contribution < -0.4 is 4.74 Å². The first kappa shape index (κ1) is 14.1. The molecule has 19 heavy (non-hydrogen) atoms. The first-order valence-corrected chi connectivity index (χ1v) is 6.32. The van der Waals surface area contributed by atoms with Gasteiger partial charge in [0.2, 0.25) is 6.23 Å². The molecule has 7 heteroatoms. The van der Waals surface area contributed by atoms with Crippen LogP contribution >= 0.6 is 23.2 Å². The minimum atomic E-state index is -1.17. The molecule has 0 saturated carbocycles. The van der Waals surface area contributed by atoms with Crippen molar-refractivity contribution in [1.82, 2.24) is 14.8 Å². The van der Waals surface area contributed by atoms with Gasteiger partial charge in [-0.2, -0.15) is 5.10 Å². The maximum Gasteiger partial charge on any atom is 0.221 e. The predicted molar refractivity (Wildman–Crippen MR) is 72.4 cm³/mol. The zero-order valence-electron chi connectivity index (χ0n) is 10.4. The summed E-state index contributed by atoms with van der Waals surface area (Å²) >= 11 is 11.9. The number of hydrogen-bond donors (Lipinski definition) is 1. The van der Waals surface area contributed by atoms with Crippen molar-refractivity contribution in [1.29, 1.82) is 0 Å². The maximum atomic E-state index is 10.2. The zero-order chi connectivity index (χ0) is 14.0. The van der Waals surface area contributed by atoms with Crippen molar-refractivity contribution in [2.24, 2.45) is 0 Å². The summed E-state index contributed by atoms with van der Waals surface area (Å²) in [6.45, 7) is 3.23. The Morgan fingerprint density at radius 1 is 1.37 bits per heavy atom. The van der Waals surface area contributed by atoms with Gasteiger partial charge in [-0.05, 0) is 32.0 Å². The van der Waals surface area contributed by atoms with Gasteiger partial charge >= 0.3 is 0 Å². The van der Waals surface area contributed by atoms with Crippen LogP contribution in [0.2, 0.25) is 10.0 Å². The molecular weight excluding hydrogens is 289 g/mol. The van der Waals surface area contributed by atoms with E-state index in [-0.39, 0.29) is 0 Å². The van der Waals surface area contributed by atoms with E-state index < -0.39 is 11.8 Å². The van der Waals surface area contributed by atoms with Crippen LogP contribution in [-0.2, 0) is 0 Å². The monoisotopic (exact) mass is 301 g/mol. The minimum Gasteiger partial charge on any atom is -0.464 e. The summed E-state index contributed by atoms with van der Waals surface area (Å²) in [5, 5.41) is 15.0. The molecule has 0 aliphatic carbocycles. The van der Waals surface area contributed by atoms with Crippen LogP contribution in [0.15, 0.2) is 30.9 Å². The van der Waals surface area contributed by atoms with Gasteiger partial charge in [-0.25, -0.2) is 9.67 Å². The summed E-state index contributed by atoms with van der Waals surface area (Å²) in [5.41, 5.74) is -1.17. The van der Waals surface area contributed by atoms with E-state index in [0.29, 0.717) is 15.8 Å². The number of rotatable bonds is 4. The van der Waals surface area contributed by atoms with E-state index in [1.54, 1.807) is 32.0 Å². The number of aliphatic hydroxyl groups is 1. The summed E-state index contributed by atoms with van der Waals surface area (Å²) in [6, 6.07) is 4.87. The molecule has 1 N–H and O–H groups in total. The number of halogens is 2. The quantitative estimate of drug-likeness (QED) is 0.943. The van der Waals surface area contributed by atoms with Gasteiger partial charge in [0.1, 0.15) is 24.0 Å². The Morgan fingerprint density at radius 2 is 2.11 bits per heavy atom. The van der Waals surface area contributed by atoms with E-state index in [1.165, 1.54) is 17.3 Å². The Labute approximate surface area is 120 Å². The lowest BCUT2D eigenvalue weighted by molar-refractivity contribution is -0.0795. The van der Waals surface area contributed by atoms with Crippen LogP contribution in [0.1, 0.15) is 20.1 Å². The van der Waals surface area contributed by atoms with Gasteiger partial charge in [-0.15, -0.1) is 0 Å². The van der Waals surface area contributed by atoms with Crippen molar-refractivity contribution in [3.05, 3.63) is 40.9 Å². The fourth-order valence-corrected chi connectivity index (χ4v) is 2.00. The molecule has 1 heterocycles. The van der Waals surface area contributed by atoms with Crippen molar-refractivity contribution in [3.8, 4) is 5.75 Å². The number of hydrogen-bond acceptors (Lipinski definition) is 4. The molecule has 1 atom stereocenters. The number of benzene rings is 1. The molecule has 0 aliphatic heterocycles. The van der Waals surface area contributed by atoms with E-state index in [0.717, 1.165) is 0 Å². The fourth-order valence-electron chi connectivity index (χ4n) is 1.55. The van der Waals surface area contributed by atoms with Crippen LogP contribution in [-0.4, -0.2) is 25.5 Å². The number of aromatic nitrogens is 3. The molecule has 1 aromatic heterocycles. The highest BCUT2D eigenvalue weighted by Gasteiger charge is 2.31. The highest BCUT2D eigenvalue weighted by molar-refractivity contribution is 6.35. The molecule has 5 nitrogen and oxygen atoms in total. The standard InChI is InChI=1S/C12H13Cl2N3O2/c1-12(2,18)11(17-7-15-6-16-17)19-10-4-3-8(13)5-9(10)14/h3-7,11,18H,1-2H3. The predicted octanol–water partition coefficient (Wildman–Crippen LogP) is 2.93. The lowest BCUT2D eigenvalue weighted by Crippen LogP contribution is -2.37. The van der Waals surface area contributed by atoms with Crippen molar-refractivity contribution >= 4 is 23.2 Å². The lowest BCUT2D eigenvalue weighted by atomic mass is 10.1. The smallest absolute Gasteiger partial charge is 0.221 e. The molecule has 2 rings (SSSR count). The summed E-state index contributed by atoms with van der Waals surface area (Å²) < 4.78 is 7.15. The van der Waals surface area contributed by atoms with Gasteiger partial charge in [0, 0.05) is 5.02 Å². The molecule has 1 unspecified atom stereocenters. The van der Waals surface area contributed by atoms with E-state index in [9.17, 15) is 5.11 Å². The van der Waals surface area contributed by atoms with Gasteiger partial charge < -0.3 is 9.84 Å². The van der Waals surface area contributed by atoms with Crippen LogP contribution in [0.3, 0.4) is 0 Å². The maximum absolute atomic E-state index is 10.2. The zero-order valence-corrected chi connectivity index (χ0v) is 11.9. The highest BCUT2D eigenvalue weighted by Crippen LogP contribution is 2.32. The summed E-state index contributed by atoms with van der Waals surface area (Å²) in [7, 11) is 0. The van der Waals surface area contributed by atoms with Crippen molar-refractivity contribution in [3.63, 3.8) is 0 Å². The minimum absolute atomic E-state index is 0.363. The van der Waals surface area contributed by atoms with Crippen molar-refractivity contribution in [2.45, 2.75) is 25.7 Å². The summed E-state index contributed by atoms with van der Waals surface area (Å²) in [4.78, 5) is 3.84. The molecule has 102 valence electrons. The van der Waals surface area contributed by atoms with Gasteiger partial charge in [0.15, 0.2) is 0 Å². The van der Waals surface area contributed by atoms with E-state index in [1.807, 2.05) is 0 Å². The number of nitrogens with zero attached hydrogens (tertiary/aromatic N) is 3. The molecule has 1 aromatic carbocycles. The van der Waals surface area contributed by atoms with Crippen LogP contribution in [0, 0.1) is 0 Å². The molecule has 0 spiro atoms. The van der Waals surface area contributed by atoms with Crippen LogP contribution in [0.4, 0.5) is 0 Å². The highest BCUT2D eigenvalue weighted by atomic mass is 35.5. The second kappa shape index (κ2) is 5.36. The average Bonchev–Trinajstić information content (AvgIpc) is 2.79. The van der Waals surface area contributed by atoms with Gasteiger partial charge in [-0.1, -0.05) is 23.2 Å². The van der Waals surface area contributed by atoms with Gasteiger partial charge in [-0.3, -0.25) is 0 Å². The van der Waals surface area contributed by atoms with E-state index in [2.05, 4.69) is 10.1 Å². The fraction of sp³-hybridized carbons (Fsp3) is 0.333. The molecule has 0 amide bonds. The summed E-state index contributed by atoms with van der Waals surface area (Å²) in [6.07, 6.45) is 2.08. The normalized spacial score (nSPS) is 13.3. The van der Waals surface area contributed by atoms with Crippen LogP contribution in [0.25, 0.3) is 0 Å². The molecule has 0 fully saturated rings. The Hall–Kier alpha value is -1.30. The Morgan fingerprint density at radius 3 is 2.63 bits per heavy atom. The Kier molecular flexibility index (Phi) is 3.99. The third-order valence-electron chi connectivity index (χ3n) is 2.41. The summed E-state index contributed by atoms with van der Waals surface area (Å²) in [5.74, 6) is 0.411. The van der Waals surface area contributed by atoms with Gasteiger partial charge in [0.05, 0.1) is 5.02 Å². The largest absolute Gasteiger partial charge is 0.464 e. The van der Waals surface area contributed by atoms with Gasteiger partial charge in [0.25, 0.3) is 0 Å². The average molecular weight is 302 g/mol. The third-order valence-corrected chi connectivity index (χ3v) is 2.94. The van der Waals surface area contributed by atoms with Crippen LogP contribution in [0.5, 0.6) is 5.75 Å². The van der Waals surface area contributed by atoms with Crippen molar-refractivity contribution in [2.75, 3.05) is 0 Å². The molecule has 0 radical (unpaired) electrons. The molecular formula is C12H13Cl2N3O2. The third kappa shape index (κ3) is 3.37. The number of ether oxygens (including phenoxy) is 1.